The van der Waals surface area contributed by atoms with E-state index >= 15 is 0 Å². The van der Waals surface area contributed by atoms with E-state index in [0.717, 1.165) is 5.39 Å². The molecule has 5 rings (SSSR count). The van der Waals surface area contributed by atoms with E-state index in [1.165, 1.54) is 43.1 Å². The standard InChI is InChI=1S/C21H15ClFN7OS2/c1-31-20-17(6-12(22)9-24-20)33-29-13-3-4-16(23)14(7-13)15-5-11-8-25-21(32-2)27-18(11)30-10-26-28-19(15)30/h3-10,29H,1-2H3. The van der Waals surface area contributed by atoms with Gasteiger partial charge in [-0.2, -0.15) is 0 Å². The molecule has 166 valence electrons. The molecular weight excluding hydrogens is 485 g/mol. The minimum Gasteiger partial charge on any atom is -0.480 e. The van der Waals surface area contributed by atoms with E-state index in [2.05, 4.69) is 29.9 Å². The Labute approximate surface area is 201 Å². The monoisotopic (exact) mass is 499 g/mol. The van der Waals surface area contributed by atoms with Gasteiger partial charge in [0.1, 0.15) is 12.1 Å². The summed E-state index contributed by atoms with van der Waals surface area (Å²) in [6.07, 6.45) is 6.69. The average molecular weight is 500 g/mol. The van der Waals surface area contributed by atoms with Crippen molar-refractivity contribution in [3.05, 3.63) is 59.9 Å². The van der Waals surface area contributed by atoms with Gasteiger partial charge in [-0.25, -0.2) is 19.3 Å². The van der Waals surface area contributed by atoms with Crippen molar-refractivity contribution < 1.29 is 9.13 Å². The van der Waals surface area contributed by atoms with Crippen molar-refractivity contribution in [2.24, 2.45) is 0 Å². The molecule has 0 saturated heterocycles. The lowest BCUT2D eigenvalue weighted by Gasteiger charge is -2.12. The smallest absolute Gasteiger partial charge is 0.228 e. The van der Waals surface area contributed by atoms with Crippen LogP contribution >= 0.6 is 35.3 Å². The zero-order valence-corrected chi connectivity index (χ0v) is 19.7. The molecule has 0 aliphatic heterocycles. The van der Waals surface area contributed by atoms with Crippen LogP contribution in [0, 0.1) is 5.82 Å². The Hall–Kier alpha value is -3.15. The number of anilines is 1. The number of halogens is 2. The van der Waals surface area contributed by atoms with Gasteiger partial charge in [-0.1, -0.05) is 23.4 Å². The summed E-state index contributed by atoms with van der Waals surface area (Å²) in [5, 5.41) is 10.1. The van der Waals surface area contributed by atoms with Gasteiger partial charge >= 0.3 is 0 Å². The predicted octanol–water partition coefficient (Wildman–Crippen LogP) is 5.38. The first-order valence-corrected chi connectivity index (χ1v) is 11.9. The first-order chi connectivity index (χ1) is 16.1. The highest BCUT2D eigenvalue weighted by Crippen LogP contribution is 2.34. The molecule has 0 atom stereocenters. The number of nitrogens with zero attached hydrogens (tertiary/aromatic N) is 6. The molecule has 0 spiro atoms. The van der Waals surface area contributed by atoms with Crippen LogP contribution in [0.2, 0.25) is 5.02 Å². The van der Waals surface area contributed by atoms with E-state index in [9.17, 15) is 4.39 Å². The number of hydrogen-bond acceptors (Lipinski definition) is 9. The third kappa shape index (κ3) is 4.14. The first-order valence-electron chi connectivity index (χ1n) is 9.53. The number of benzene rings is 1. The second-order valence-electron chi connectivity index (χ2n) is 6.78. The molecule has 8 nitrogen and oxygen atoms in total. The summed E-state index contributed by atoms with van der Waals surface area (Å²) in [4.78, 5) is 13.7. The van der Waals surface area contributed by atoms with Crippen molar-refractivity contribution in [1.29, 1.82) is 0 Å². The van der Waals surface area contributed by atoms with E-state index in [1.807, 2.05) is 12.3 Å². The van der Waals surface area contributed by atoms with Crippen LogP contribution in [0.1, 0.15) is 0 Å². The first kappa shape index (κ1) is 21.7. The largest absolute Gasteiger partial charge is 0.480 e. The fourth-order valence-corrected chi connectivity index (χ4v) is 4.62. The van der Waals surface area contributed by atoms with Gasteiger partial charge in [0, 0.05) is 34.6 Å². The van der Waals surface area contributed by atoms with Crippen LogP contribution in [-0.4, -0.2) is 42.9 Å². The van der Waals surface area contributed by atoms with E-state index in [-0.39, 0.29) is 0 Å². The van der Waals surface area contributed by atoms with E-state index in [0.29, 0.717) is 49.1 Å². The molecule has 1 aromatic carbocycles. The Morgan fingerprint density at radius 3 is 2.79 bits per heavy atom. The third-order valence-electron chi connectivity index (χ3n) is 4.79. The Balaban J connectivity index is 1.56. The Bertz CT molecular complexity index is 1500. The Kier molecular flexibility index (Phi) is 5.92. The maximum Gasteiger partial charge on any atom is 0.228 e. The highest BCUT2D eigenvalue weighted by molar-refractivity contribution is 8.00. The number of fused-ring (bicyclic) bond motifs is 3. The molecule has 1 N–H and O–H groups in total. The number of ether oxygens (including phenoxy) is 1. The number of thioether (sulfide) groups is 1. The molecule has 4 aromatic heterocycles. The topological polar surface area (TPSA) is 90.1 Å². The number of hydrogen-bond donors (Lipinski definition) is 1. The Morgan fingerprint density at radius 2 is 1.97 bits per heavy atom. The maximum atomic E-state index is 15.0. The van der Waals surface area contributed by atoms with Crippen molar-refractivity contribution in [2.45, 2.75) is 10.1 Å². The van der Waals surface area contributed by atoms with Crippen LogP contribution in [0.4, 0.5) is 10.1 Å². The summed E-state index contributed by atoms with van der Waals surface area (Å²) < 4.78 is 25.2. The molecular formula is C21H15ClFN7OS2. The lowest BCUT2D eigenvalue weighted by Crippen LogP contribution is -1.98. The lowest BCUT2D eigenvalue weighted by atomic mass is 10.0. The maximum absolute atomic E-state index is 15.0. The summed E-state index contributed by atoms with van der Waals surface area (Å²) >= 11 is 8.76. The van der Waals surface area contributed by atoms with Gasteiger partial charge in [0.25, 0.3) is 0 Å². The number of nitrogens with one attached hydrogen (secondary N) is 1. The van der Waals surface area contributed by atoms with Crippen LogP contribution in [-0.2, 0) is 0 Å². The zero-order valence-electron chi connectivity index (χ0n) is 17.3. The molecule has 0 fully saturated rings. The number of methoxy groups -OCH3 is 1. The van der Waals surface area contributed by atoms with Gasteiger partial charge in [0.2, 0.25) is 5.88 Å². The van der Waals surface area contributed by atoms with Crippen LogP contribution in [0.5, 0.6) is 5.88 Å². The van der Waals surface area contributed by atoms with Gasteiger partial charge in [0.05, 0.1) is 17.0 Å². The minimum absolute atomic E-state index is 0.366. The lowest BCUT2D eigenvalue weighted by molar-refractivity contribution is 0.387. The average Bonchev–Trinajstić information content (AvgIpc) is 3.33. The van der Waals surface area contributed by atoms with Gasteiger partial charge in [0.15, 0.2) is 16.5 Å². The van der Waals surface area contributed by atoms with Crippen molar-refractivity contribution in [3.8, 4) is 17.0 Å². The second kappa shape index (κ2) is 9.00. The molecule has 0 radical (unpaired) electrons. The van der Waals surface area contributed by atoms with Gasteiger partial charge < -0.3 is 9.46 Å². The highest BCUT2D eigenvalue weighted by Gasteiger charge is 2.16. The SMILES string of the molecule is COc1ncc(Cl)cc1SNc1ccc(F)c(-c2cc3cnc(SC)nc3n3cnnc23)c1. The van der Waals surface area contributed by atoms with Crippen LogP contribution in [0.3, 0.4) is 0 Å². The molecule has 0 aliphatic rings. The summed E-state index contributed by atoms with van der Waals surface area (Å²) in [6.45, 7) is 0. The molecule has 4 heterocycles. The molecule has 0 aliphatic carbocycles. The van der Waals surface area contributed by atoms with Crippen molar-refractivity contribution in [1.82, 2.24) is 29.5 Å². The quantitative estimate of drug-likeness (QED) is 0.188. The summed E-state index contributed by atoms with van der Waals surface area (Å²) in [7, 11) is 1.53. The normalized spacial score (nSPS) is 11.3. The molecule has 12 heteroatoms. The molecule has 0 unspecified atom stereocenters. The summed E-state index contributed by atoms with van der Waals surface area (Å²) in [5.41, 5.74) is 2.77. The zero-order chi connectivity index (χ0) is 22.9. The van der Waals surface area contributed by atoms with Crippen molar-refractivity contribution >= 4 is 57.7 Å². The second-order valence-corrected chi connectivity index (χ2v) is 8.84. The van der Waals surface area contributed by atoms with Crippen LogP contribution < -0.4 is 9.46 Å². The van der Waals surface area contributed by atoms with Crippen LogP contribution in [0.25, 0.3) is 27.8 Å². The van der Waals surface area contributed by atoms with Crippen molar-refractivity contribution in [2.75, 3.05) is 18.1 Å². The fourth-order valence-electron chi connectivity index (χ4n) is 3.30. The van der Waals surface area contributed by atoms with E-state index in [4.69, 9.17) is 16.3 Å². The number of pyridine rings is 2. The molecule has 33 heavy (non-hydrogen) atoms. The summed E-state index contributed by atoms with van der Waals surface area (Å²) in [5.74, 6) is 0.0435. The van der Waals surface area contributed by atoms with Crippen LogP contribution in [0.15, 0.2) is 59.1 Å². The predicted molar refractivity (Wildman–Crippen MR) is 129 cm³/mol. The van der Waals surface area contributed by atoms with E-state index < -0.39 is 5.82 Å². The number of rotatable bonds is 6. The van der Waals surface area contributed by atoms with Gasteiger partial charge in [-0.15, -0.1) is 10.2 Å². The number of aromatic nitrogens is 6. The molecule has 0 amide bonds. The Morgan fingerprint density at radius 1 is 1.09 bits per heavy atom. The fraction of sp³-hybridized carbons (Fsp3) is 0.0952. The third-order valence-corrected chi connectivity index (χ3v) is 6.41. The summed E-state index contributed by atoms with van der Waals surface area (Å²) in [6, 6.07) is 8.31. The van der Waals surface area contributed by atoms with E-state index in [1.54, 1.807) is 35.1 Å². The van der Waals surface area contributed by atoms with Gasteiger partial charge in [-0.3, -0.25) is 4.40 Å². The highest BCUT2D eigenvalue weighted by atomic mass is 35.5. The molecule has 0 bridgehead atoms. The van der Waals surface area contributed by atoms with Crippen molar-refractivity contribution in [3.63, 3.8) is 0 Å². The molecule has 5 aromatic rings. The molecule has 0 saturated carbocycles. The van der Waals surface area contributed by atoms with Gasteiger partial charge in [-0.05, 0) is 48.5 Å². The minimum atomic E-state index is -0.390.